The molecule has 0 fully saturated rings. The lowest BCUT2D eigenvalue weighted by atomic mass is 10.3. The second-order valence-corrected chi connectivity index (χ2v) is 8.62. The monoisotopic (exact) mass is 347 g/mol. The van der Waals surface area contributed by atoms with Crippen molar-refractivity contribution in [2.45, 2.75) is 9.24 Å². The third-order valence-electron chi connectivity index (χ3n) is 2.92. The third kappa shape index (κ3) is 3.58. The number of thiazole rings is 1. The molecule has 0 atom stereocenters. The normalized spacial score (nSPS) is 12.2. The molecule has 1 heterocycles. The molecular weight excluding hydrogens is 334 g/mol. The Morgan fingerprint density at radius 1 is 1.05 bits per heavy atom. The van der Waals surface area contributed by atoms with Crippen molar-refractivity contribution in [2.24, 2.45) is 0 Å². The first-order valence-corrected chi connectivity index (χ1v) is 9.95. The second-order valence-electron chi connectivity index (χ2n) is 4.49. The Balaban J connectivity index is 1.65. The van der Waals surface area contributed by atoms with Gasteiger partial charge in [0.1, 0.15) is 0 Å². The minimum atomic E-state index is -3.35. The van der Waals surface area contributed by atoms with E-state index in [1.54, 1.807) is 47.7 Å². The van der Waals surface area contributed by atoms with Gasteiger partial charge in [-0.25, -0.2) is 13.4 Å². The molecule has 0 spiro atoms. The highest BCUT2D eigenvalue weighted by Crippen LogP contribution is 2.29. The molecule has 0 aliphatic rings. The molecule has 22 heavy (non-hydrogen) atoms. The van der Waals surface area contributed by atoms with Crippen LogP contribution in [-0.4, -0.2) is 19.2 Å². The molecule has 112 valence electrons. The predicted molar refractivity (Wildman–Crippen MR) is 93.1 cm³/mol. The van der Waals surface area contributed by atoms with Crippen molar-refractivity contribution in [1.82, 2.24) is 4.98 Å². The summed E-state index contributed by atoms with van der Waals surface area (Å²) in [6.07, 6.45) is 1.67. The SMILES string of the molecule is O=S(=O)(/C=C/CSc1nc2ccccc2s1)c1ccccc1. The molecule has 3 nitrogen and oxygen atoms in total. The Bertz CT molecular complexity index is 866. The molecule has 0 saturated carbocycles. The highest BCUT2D eigenvalue weighted by molar-refractivity contribution is 8.01. The van der Waals surface area contributed by atoms with Crippen molar-refractivity contribution in [1.29, 1.82) is 0 Å². The van der Waals surface area contributed by atoms with E-state index in [0.717, 1.165) is 14.6 Å². The summed E-state index contributed by atoms with van der Waals surface area (Å²) < 4.78 is 26.2. The topological polar surface area (TPSA) is 47.0 Å². The maximum Gasteiger partial charge on any atom is 0.199 e. The summed E-state index contributed by atoms with van der Waals surface area (Å²) in [7, 11) is -3.35. The largest absolute Gasteiger partial charge is 0.230 e. The number of hydrogen-bond donors (Lipinski definition) is 0. The summed E-state index contributed by atoms with van der Waals surface area (Å²) in [6.45, 7) is 0. The van der Waals surface area contributed by atoms with Crippen LogP contribution in [0, 0.1) is 0 Å². The number of benzene rings is 2. The summed E-state index contributed by atoms with van der Waals surface area (Å²) in [5, 5.41) is 1.27. The summed E-state index contributed by atoms with van der Waals surface area (Å²) in [5.74, 6) is 0.575. The Kier molecular flexibility index (Phi) is 4.61. The van der Waals surface area contributed by atoms with E-state index in [-0.39, 0.29) is 0 Å². The molecule has 1 aromatic heterocycles. The van der Waals surface area contributed by atoms with E-state index in [1.165, 1.54) is 17.2 Å². The Labute approximate surface area is 137 Å². The van der Waals surface area contributed by atoms with E-state index < -0.39 is 9.84 Å². The van der Waals surface area contributed by atoms with Gasteiger partial charge >= 0.3 is 0 Å². The zero-order valence-electron chi connectivity index (χ0n) is 11.5. The van der Waals surface area contributed by atoms with E-state index in [0.29, 0.717) is 10.6 Å². The molecule has 0 aliphatic heterocycles. The average Bonchev–Trinajstić information content (AvgIpc) is 2.95. The molecular formula is C16H13NO2S3. The molecule has 3 aromatic rings. The average molecular weight is 347 g/mol. The Morgan fingerprint density at radius 2 is 1.77 bits per heavy atom. The molecule has 0 N–H and O–H groups in total. The van der Waals surface area contributed by atoms with Crippen molar-refractivity contribution in [2.75, 3.05) is 5.75 Å². The van der Waals surface area contributed by atoms with Crippen LogP contribution in [0.25, 0.3) is 10.2 Å². The minimum absolute atomic E-state index is 0.316. The Hall–Kier alpha value is -1.63. The van der Waals surface area contributed by atoms with Crippen molar-refractivity contribution in [3.05, 3.63) is 66.1 Å². The first kappa shape index (κ1) is 15.3. The van der Waals surface area contributed by atoms with E-state index in [2.05, 4.69) is 4.98 Å². The first-order chi connectivity index (χ1) is 10.6. The van der Waals surface area contributed by atoms with Gasteiger partial charge in [0.05, 0.1) is 15.1 Å². The summed E-state index contributed by atoms with van der Waals surface area (Å²) >= 11 is 3.16. The number of hydrogen-bond acceptors (Lipinski definition) is 5. The highest BCUT2D eigenvalue weighted by Gasteiger charge is 2.08. The van der Waals surface area contributed by atoms with Crippen LogP contribution in [0.1, 0.15) is 0 Å². The molecule has 3 rings (SSSR count). The lowest BCUT2D eigenvalue weighted by molar-refractivity contribution is 0.604. The number of thioether (sulfide) groups is 1. The van der Waals surface area contributed by atoms with Crippen LogP contribution in [0.4, 0.5) is 0 Å². The van der Waals surface area contributed by atoms with Crippen molar-refractivity contribution < 1.29 is 8.42 Å². The number of fused-ring (bicyclic) bond motifs is 1. The smallest absolute Gasteiger partial charge is 0.199 e. The van der Waals surface area contributed by atoms with Crippen molar-refractivity contribution >= 4 is 43.2 Å². The van der Waals surface area contributed by atoms with E-state index >= 15 is 0 Å². The van der Waals surface area contributed by atoms with Crippen LogP contribution in [0.3, 0.4) is 0 Å². The van der Waals surface area contributed by atoms with Crippen LogP contribution >= 0.6 is 23.1 Å². The molecule has 0 bridgehead atoms. The zero-order valence-corrected chi connectivity index (χ0v) is 14.0. The number of aromatic nitrogens is 1. The number of nitrogens with zero attached hydrogens (tertiary/aromatic N) is 1. The van der Waals surface area contributed by atoms with Crippen LogP contribution in [0.15, 0.2) is 75.3 Å². The van der Waals surface area contributed by atoms with Gasteiger partial charge in [0.2, 0.25) is 0 Å². The maximum atomic E-state index is 12.1. The zero-order chi connectivity index (χ0) is 15.4. The van der Waals surface area contributed by atoms with E-state index in [4.69, 9.17) is 0 Å². The predicted octanol–water partition coefficient (Wildman–Crippen LogP) is 4.38. The van der Waals surface area contributed by atoms with Crippen LogP contribution in [0.5, 0.6) is 0 Å². The summed E-state index contributed by atoms with van der Waals surface area (Å²) in [5.41, 5.74) is 0.982. The van der Waals surface area contributed by atoms with E-state index in [9.17, 15) is 8.42 Å². The summed E-state index contributed by atoms with van der Waals surface area (Å²) in [6, 6.07) is 16.4. The van der Waals surface area contributed by atoms with Gasteiger partial charge in [-0.3, -0.25) is 0 Å². The molecule has 2 aromatic carbocycles. The number of para-hydroxylation sites is 1. The fraction of sp³-hybridized carbons (Fsp3) is 0.0625. The lowest BCUT2D eigenvalue weighted by Crippen LogP contribution is -1.95. The maximum absolute atomic E-state index is 12.1. The van der Waals surface area contributed by atoms with Gasteiger partial charge in [-0.2, -0.15) is 0 Å². The fourth-order valence-electron chi connectivity index (χ4n) is 1.89. The van der Waals surface area contributed by atoms with Gasteiger partial charge in [-0.15, -0.1) is 11.3 Å². The minimum Gasteiger partial charge on any atom is -0.230 e. The highest BCUT2D eigenvalue weighted by atomic mass is 32.2. The molecule has 6 heteroatoms. The molecule has 0 saturated heterocycles. The summed E-state index contributed by atoms with van der Waals surface area (Å²) in [4.78, 5) is 4.82. The number of sulfone groups is 1. The van der Waals surface area contributed by atoms with Gasteiger partial charge < -0.3 is 0 Å². The third-order valence-corrected chi connectivity index (χ3v) is 6.54. The number of rotatable bonds is 5. The Morgan fingerprint density at radius 3 is 2.55 bits per heavy atom. The van der Waals surface area contributed by atoms with Gasteiger partial charge in [-0.05, 0) is 24.3 Å². The van der Waals surface area contributed by atoms with Gasteiger partial charge in [0, 0.05) is 11.2 Å². The van der Waals surface area contributed by atoms with Crippen molar-refractivity contribution in [3.8, 4) is 0 Å². The van der Waals surface area contributed by atoms with Gasteiger partial charge in [0.25, 0.3) is 0 Å². The fourth-order valence-corrected chi connectivity index (χ4v) is 4.96. The van der Waals surface area contributed by atoms with Crippen LogP contribution in [-0.2, 0) is 9.84 Å². The second kappa shape index (κ2) is 6.64. The lowest BCUT2D eigenvalue weighted by Gasteiger charge is -1.97. The first-order valence-electron chi connectivity index (χ1n) is 6.60. The quantitative estimate of drug-likeness (QED) is 0.643. The molecule has 0 aliphatic carbocycles. The van der Waals surface area contributed by atoms with Crippen LogP contribution in [0.2, 0.25) is 0 Å². The standard InChI is InChI=1S/C16H13NO2S3/c18-22(19,13-7-2-1-3-8-13)12-6-11-20-16-17-14-9-4-5-10-15(14)21-16/h1-10,12H,11H2/b12-6+. The van der Waals surface area contributed by atoms with E-state index in [1.807, 2.05) is 24.3 Å². The van der Waals surface area contributed by atoms with Crippen LogP contribution < -0.4 is 0 Å². The van der Waals surface area contributed by atoms with Crippen molar-refractivity contribution in [3.63, 3.8) is 0 Å². The molecule has 0 radical (unpaired) electrons. The van der Waals surface area contributed by atoms with Gasteiger partial charge in [-0.1, -0.05) is 48.2 Å². The molecule has 0 amide bonds. The van der Waals surface area contributed by atoms with Gasteiger partial charge in [0.15, 0.2) is 14.2 Å². The molecule has 0 unspecified atom stereocenters.